The van der Waals surface area contributed by atoms with Crippen molar-refractivity contribution in [1.29, 1.82) is 0 Å². The second kappa shape index (κ2) is 9.24. The zero-order valence-corrected chi connectivity index (χ0v) is 18.4. The largest absolute Gasteiger partial charge is 0.416 e. The van der Waals surface area contributed by atoms with Gasteiger partial charge in [0.25, 0.3) is 0 Å². The molecule has 0 fully saturated rings. The van der Waals surface area contributed by atoms with Crippen LogP contribution in [0.2, 0.25) is 0 Å². The Labute approximate surface area is 175 Å². The predicted octanol–water partition coefficient (Wildman–Crippen LogP) is 7.03. The molecule has 2 aromatic carbocycles. The van der Waals surface area contributed by atoms with Crippen LogP contribution in [0.25, 0.3) is 0 Å². The molecule has 158 valence electrons. The number of hydrogen-bond donors (Lipinski definition) is 0. The molecular formula is C23H28F3NOS. The summed E-state index contributed by atoms with van der Waals surface area (Å²) in [7, 11) is 0. The Morgan fingerprint density at radius 1 is 1.07 bits per heavy atom. The van der Waals surface area contributed by atoms with Crippen LogP contribution in [-0.2, 0) is 11.0 Å². The number of aryl methyl sites for hydroxylation is 2. The Morgan fingerprint density at radius 2 is 1.76 bits per heavy atom. The average molecular weight is 424 g/mol. The summed E-state index contributed by atoms with van der Waals surface area (Å²) in [5.74, 6) is -0.0933. The number of hydrogen-bond acceptors (Lipinski definition) is 2. The Hall–Kier alpha value is -1.95. The lowest BCUT2D eigenvalue weighted by Crippen LogP contribution is -2.35. The van der Waals surface area contributed by atoms with Crippen molar-refractivity contribution in [2.24, 2.45) is 0 Å². The first-order valence-corrected chi connectivity index (χ1v) is 10.5. The Balaban J connectivity index is 2.20. The molecule has 0 atom stereocenters. The van der Waals surface area contributed by atoms with Crippen LogP contribution in [0.15, 0.2) is 47.4 Å². The highest BCUT2D eigenvalue weighted by Gasteiger charge is 2.31. The minimum Gasteiger partial charge on any atom is -0.312 e. The van der Waals surface area contributed by atoms with E-state index in [0.29, 0.717) is 30.6 Å². The summed E-state index contributed by atoms with van der Waals surface area (Å²) in [6, 6.07) is 11.8. The van der Waals surface area contributed by atoms with Gasteiger partial charge in [0.1, 0.15) is 0 Å². The number of carbonyl (C=O) groups excluding carboxylic acids is 1. The molecule has 0 saturated heterocycles. The van der Waals surface area contributed by atoms with E-state index in [1.807, 2.05) is 19.1 Å². The van der Waals surface area contributed by atoms with E-state index < -0.39 is 11.7 Å². The zero-order valence-electron chi connectivity index (χ0n) is 17.6. The van der Waals surface area contributed by atoms with Gasteiger partial charge in [-0.15, -0.1) is 11.8 Å². The van der Waals surface area contributed by atoms with E-state index in [4.69, 9.17) is 0 Å². The van der Waals surface area contributed by atoms with Crippen molar-refractivity contribution in [3.05, 3.63) is 59.2 Å². The number of halogens is 3. The van der Waals surface area contributed by atoms with Crippen LogP contribution in [0.3, 0.4) is 0 Å². The lowest BCUT2D eigenvalue weighted by molar-refractivity contribution is -0.137. The summed E-state index contributed by atoms with van der Waals surface area (Å²) in [5.41, 5.74) is 1.49. The SMILES string of the molecule is CCC(=O)N(CCC(C)(C)Sc1cccc(C)c1)c1ccc(C(F)(F)F)cc1C. The van der Waals surface area contributed by atoms with Crippen LogP contribution in [0.1, 0.15) is 50.3 Å². The number of alkyl halides is 3. The van der Waals surface area contributed by atoms with Crippen molar-refractivity contribution in [3.63, 3.8) is 0 Å². The standard InChI is InChI=1S/C23H28F3NOS/c1-6-21(28)27(20-11-10-18(15-17(20)3)23(24,25)26)13-12-22(4,5)29-19-9-7-8-16(2)14-19/h7-11,14-15H,6,12-13H2,1-5H3. The topological polar surface area (TPSA) is 20.3 Å². The molecule has 29 heavy (non-hydrogen) atoms. The first-order chi connectivity index (χ1) is 13.4. The van der Waals surface area contributed by atoms with E-state index in [-0.39, 0.29) is 10.7 Å². The lowest BCUT2D eigenvalue weighted by Gasteiger charge is -2.30. The van der Waals surface area contributed by atoms with Gasteiger partial charge in [0, 0.05) is 28.3 Å². The maximum atomic E-state index is 13.0. The molecule has 2 nitrogen and oxygen atoms in total. The summed E-state index contributed by atoms with van der Waals surface area (Å²) in [6.45, 7) is 10.1. The van der Waals surface area contributed by atoms with E-state index >= 15 is 0 Å². The normalized spacial score (nSPS) is 12.1. The van der Waals surface area contributed by atoms with Gasteiger partial charge in [-0.05, 0) is 56.2 Å². The van der Waals surface area contributed by atoms with Crippen LogP contribution in [0.4, 0.5) is 18.9 Å². The van der Waals surface area contributed by atoms with Crippen molar-refractivity contribution < 1.29 is 18.0 Å². The molecule has 0 aliphatic heterocycles. The molecule has 6 heteroatoms. The molecule has 0 aliphatic rings. The number of amides is 1. The van der Waals surface area contributed by atoms with Gasteiger partial charge in [-0.3, -0.25) is 4.79 Å². The molecule has 1 amide bonds. The predicted molar refractivity (Wildman–Crippen MR) is 115 cm³/mol. The number of thioether (sulfide) groups is 1. The van der Waals surface area contributed by atoms with Gasteiger partial charge in [0.05, 0.1) is 5.56 Å². The van der Waals surface area contributed by atoms with Gasteiger partial charge in [0.15, 0.2) is 0 Å². The quantitative estimate of drug-likeness (QED) is 0.446. The number of carbonyl (C=O) groups is 1. The van der Waals surface area contributed by atoms with Gasteiger partial charge in [0.2, 0.25) is 5.91 Å². The second-order valence-electron chi connectivity index (χ2n) is 7.83. The number of rotatable bonds is 7. The molecular weight excluding hydrogens is 395 g/mol. The van der Waals surface area contributed by atoms with Gasteiger partial charge in [-0.25, -0.2) is 0 Å². The van der Waals surface area contributed by atoms with Gasteiger partial charge >= 0.3 is 6.18 Å². The monoisotopic (exact) mass is 423 g/mol. The zero-order chi connectivity index (χ0) is 21.8. The number of nitrogens with zero attached hydrogens (tertiary/aromatic N) is 1. The molecule has 0 heterocycles. The molecule has 0 saturated carbocycles. The third-order valence-corrected chi connectivity index (χ3v) is 5.99. The molecule has 0 radical (unpaired) electrons. The van der Waals surface area contributed by atoms with Crippen molar-refractivity contribution in [3.8, 4) is 0 Å². The molecule has 2 aromatic rings. The summed E-state index contributed by atoms with van der Waals surface area (Å²) in [4.78, 5) is 15.3. The van der Waals surface area contributed by atoms with Crippen LogP contribution in [0, 0.1) is 13.8 Å². The fraction of sp³-hybridized carbons (Fsp3) is 0.435. The molecule has 2 rings (SSSR count). The Bertz CT molecular complexity index is 861. The highest BCUT2D eigenvalue weighted by atomic mass is 32.2. The molecule has 0 unspecified atom stereocenters. The minimum atomic E-state index is -4.39. The van der Waals surface area contributed by atoms with Crippen molar-refractivity contribution in [2.75, 3.05) is 11.4 Å². The van der Waals surface area contributed by atoms with Gasteiger partial charge < -0.3 is 4.90 Å². The molecule has 0 spiro atoms. The van der Waals surface area contributed by atoms with E-state index in [2.05, 4.69) is 26.0 Å². The fourth-order valence-electron chi connectivity index (χ4n) is 3.13. The molecule has 0 aromatic heterocycles. The van der Waals surface area contributed by atoms with Gasteiger partial charge in [-0.2, -0.15) is 13.2 Å². The van der Waals surface area contributed by atoms with Gasteiger partial charge in [-0.1, -0.05) is 38.5 Å². The molecule has 0 N–H and O–H groups in total. The third kappa shape index (κ3) is 6.53. The summed E-state index contributed by atoms with van der Waals surface area (Å²) in [5, 5.41) is 0. The maximum absolute atomic E-state index is 13.0. The summed E-state index contributed by atoms with van der Waals surface area (Å²) < 4.78 is 38.8. The summed E-state index contributed by atoms with van der Waals surface area (Å²) >= 11 is 1.74. The van der Waals surface area contributed by atoms with Crippen molar-refractivity contribution in [1.82, 2.24) is 0 Å². The van der Waals surface area contributed by atoms with E-state index in [1.165, 1.54) is 11.6 Å². The maximum Gasteiger partial charge on any atom is 0.416 e. The fourth-order valence-corrected chi connectivity index (χ4v) is 4.36. The molecule has 0 bridgehead atoms. The van der Waals surface area contributed by atoms with E-state index in [0.717, 1.165) is 17.0 Å². The van der Waals surface area contributed by atoms with Crippen LogP contribution in [0.5, 0.6) is 0 Å². The minimum absolute atomic E-state index is 0.0933. The average Bonchev–Trinajstić information content (AvgIpc) is 2.61. The number of anilines is 1. The van der Waals surface area contributed by atoms with Crippen molar-refractivity contribution in [2.45, 2.75) is 63.3 Å². The third-order valence-electron chi connectivity index (χ3n) is 4.74. The Kier molecular flexibility index (Phi) is 7.44. The summed E-state index contributed by atoms with van der Waals surface area (Å²) in [6.07, 6.45) is -3.39. The lowest BCUT2D eigenvalue weighted by atomic mass is 10.1. The van der Waals surface area contributed by atoms with E-state index in [9.17, 15) is 18.0 Å². The second-order valence-corrected chi connectivity index (χ2v) is 9.61. The first-order valence-electron chi connectivity index (χ1n) is 9.67. The highest BCUT2D eigenvalue weighted by molar-refractivity contribution is 8.00. The first kappa shape index (κ1) is 23.3. The molecule has 0 aliphatic carbocycles. The Morgan fingerprint density at radius 3 is 2.31 bits per heavy atom. The van der Waals surface area contributed by atoms with Crippen molar-refractivity contribution >= 4 is 23.4 Å². The van der Waals surface area contributed by atoms with Crippen LogP contribution < -0.4 is 4.90 Å². The van der Waals surface area contributed by atoms with Crippen LogP contribution >= 0.6 is 11.8 Å². The highest BCUT2D eigenvalue weighted by Crippen LogP contribution is 2.37. The van der Waals surface area contributed by atoms with E-state index in [1.54, 1.807) is 30.5 Å². The smallest absolute Gasteiger partial charge is 0.312 e. The van der Waals surface area contributed by atoms with Crippen LogP contribution in [-0.4, -0.2) is 17.2 Å². The number of benzene rings is 2.